The molecule has 160 valence electrons. The molecule has 1 saturated carbocycles. The largest absolute Gasteiger partial charge is 0.484 e. The molecule has 2 aromatic carbocycles. The van der Waals surface area contributed by atoms with Gasteiger partial charge in [0, 0.05) is 21.2 Å². The van der Waals surface area contributed by atoms with E-state index in [9.17, 15) is 9.59 Å². The van der Waals surface area contributed by atoms with Gasteiger partial charge < -0.3 is 15.0 Å². The van der Waals surface area contributed by atoms with Crippen LogP contribution >= 0.6 is 34.2 Å². The second-order valence-electron chi connectivity index (χ2n) is 7.56. The van der Waals surface area contributed by atoms with E-state index in [0.29, 0.717) is 10.8 Å². The summed E-state index contributed by atoms with van der Waals surface area (Å²) in [5, 5.41) is 3.69. The van der Waals surface area contributed by atoms with Crippen LogP contribution in [0.5, 0.6) is 5.75 Å². The number of ether oxygens (including phenoxy) is 1. The first kappa shape index (κ1) is 22.9. The Balaban J connectivity index is 1.70. The van der Waals surface area contributed by atoms with Gasteiger partial charge in [0.15, 0.2) is 6.61 Å². The van der Waals surface area contributed by atoms with Crippen LogP contribution in [0.1, 0.15) is 38.2 Å². The molecule has 3 rings (SSSR count). The second-order valence-corrected chi connectivity index (χ2v) is 9.24. The van der Waals surface area contributed by atoms with Crippen LogP contribution in [0.4, 0.5) is 0 Å². The summed E-state index contributed by atoms with van der Waals surface area (Å²) in [6.07, 6.45) is 4.26. The molecule has 0 spiro atoms. The molecule has 0 heterocycles. The summed E-state index contributed by atoms with van der Waals surface area (Å²) in [5.41, 5.74) is 0.866. The highest BCUT2D eigenvalue weighted by atomic mass is 127. The lowest BCUT2D eigenvalue weighted by molar-refractivity contribution is -0.142. The lowest BCUT2D eigenvalue weighted by atomic mass is 10.1. The van der Waals surface area contributed by atoms with Crippen molar-refractivity contribution in [3.8, 4) is 5.75 Å². The van der Waals surface area contributed by atoms with E-state index in [1.807, 2.05) is 42.5 Å². The zero-order valence-electron chi connectivity index (χ0n) is 16.9. The Labute approximate surface area is 196 Å². The summed E-state index contributed by atoms with van der Waals surface area (Å²) in [6.45, 7) is 1.91. The normalized spacial score (nSPS) is 14.9. The number of carbonyl (C=O) groups excluding carboxylic acids is 2. The van der Waals surface area contributed by atoms with Gasteiger partial charge in [-0.1, -0.05) is 36.6 Å². The fourth-order valence-electron chi connectivity index (χ4n) is 3.57. The molecule has 1 fully saturated rings. The van der Waals surface area contributed by atoms with Crippen molar-refractivity contribution in [1.29, 1.82) is 0 Å². The molecule has 0 aromatic heterocycles. The molecule has 1 atom stereocenters. The molecular formula is C23H26ClIN2O3. The Morgan fingerprint density at radius 2 is 1.90 bits per heavy atom. The van der Waals surface area contributed by atoms with Crippen LogP contribution in [0.15, 0.2) is 48.5 Å². The van der Waals surface area contributed by atoms with Crippen LogP contribution in [0.2, 0.25) is 5.02 Å². The van der Waals surface area contributed by atoms with Crippen molar-refractivity contribution >= 4 is 46.0 Å². The number of hydrogen-bond donors (Lipinski definition) is 1. The number of nitrogens with zero attached hydrogens (tertiary/aromatic N) is 1. The summed E-state index contributed by atoms with van der Waals surface area (Å²) in [7, 11) is 0. The molecule has 1 aliphatic rings. The van der Waals surface area contributed by atoms with E-state index in [1.165, 1.54) is 0 Å². The highest BCUT2D eigenvalue weighted by Gasteiger charge is 2.28. The number of rotatable bonds is 8. The molecule has 2 amide bonds. The Morgan fingerprint density at radius 3 is 2.57 bits per heavy atom. The number of benzene rings is 2. The molecule has 0 aliphatic heterocycles. The summed E-state index contributed by atoms with van der Waals surface area (Å²) in [4.78, 5) is 27.4. The Bertz CT molecular complexity index is 869. The average Bonchev–Trinajstić information content (AvgIpc) is 3.24. The highest BCUT2D eigenvalue weighted by molar-refractivity contribution is 14.1. The maximum Gasteiger partial charge on any atom is 0.261 e. The van der Waals surface area contributed by atoms with Gasteiger partial charge in [-0.15, -0.1) is 0 Å². The molecule has 0 radical (unpaired) electrons. The molecule has 2 aromatic rings. The summed E-state index contributed by atoms with van der Waals surface area (Å²) >= 11 is 8.32. The molecule has 1 aliphatic carbocycles. The zero-order valence-corrected chi connectivity index (χ0v) is 19.9. The fraction of sp³-hybridized carbons (Fsp3) is 0.391. The van der Waals surface area contributed by atoms with Crippen molar-refractivity contribution in [2.45, 2.75) is 51.2 Å². The number of amides is 2. The van der Waals surface area contributed by atoms with E-state index in [2.05, 4.69) is 27.9 Å². The Morgan fingerprint density at radius 1 is 1.20 bits per heavy atom. The van der Waals surface area contributed by atoms with Gasteiger partial charge >= 0.3 is 0 Å². The van der Waals surface area contributed by atoms with E-state index in [1.54, 1.807) is 17.9 Å². The number of carbonyl (C=O) groups is 2. The van der Waals surface area contributed by atoms with Crippen molar-refractivity contribution in [3.63, 3.8) is 0 Å². The van der Waals surface area contributed by atoms with E-state index in [-0.39, 0.29) is 31.0 Å². The topological polar surface area (TPSA) is 58.6 Å². The van der Waals surface area contributed by atoms with Gasteiger partial charge in [-0.2, -0.15) is 0 Å². The van der Waals surface area contributed by atoms with Gasteiger partial charge in [0.05, 0.1) is 0 Å². The smallest absolute Gasteiger partial charge is 0.261 e. The van der Waals surface area contributed by atoms with Gasteiger partial charge in [0.25, 0.3) is 5.91 Å². The van der Waals surface area contributed by atoms with E-state index in [0.717, 1.165) is 34.8 Å². The standard InChI is InChI=1S/C23H26ClIN2O3/c1-16(23(29)26-20-7-2-3-8-20)27(14-17-5-4-6-18(24)13-17)22(28)15-30-21-11-9-19(25)10-12-21/h4-6,9-13,16,20H,2-3,7-8,14-15H2,1H3,(H,26,29)/t16-/m0/s1. The predicted molar refractivity (Wildman–Crippen MR) is 127 cm³/mol. The summed E-state index contributed by atoms with van der Waals surface area (Å²) < 4.78 is 6.77. The first-order valence-electron chi connectivity index (χ1n) is 10.1. The monoisotopic (exact) mass is 540 g/mol. The summed E-state index contributed by atoms with van der Waals surface area (Å²) in [6, 6.07) is 14.4. The molecule has 5 nitrogen and oxygen atoms in total. The van der Waals surface area contributed by atoms with Crippen LogP contribution in [0, 0.1) is 3.57 Å². The molecule has 30 heavy (non-hydrogen) atoms. The quantitative estimate of drug-likeness (QED) is 0.490. The maximum atomic E-state index is 13.0. The van der Waals surface area contributed by atoms with Crippen LogP contribution in [-0.2, 0) is 16.1 Å². The van der Waals surface area contributed by atoms with E-state index < -0.39 is 6.04 Å². The van der Waals surface area contributed by atoms with Gasteiger partial charge in [-0.25, -0.2) is 0 Å². The summed E-state index contributed by atoms with van der Waals surface area (Å²) in [5.74, 6) is 0.240. The lowest BCUT2D eigenvalue weighted by Gasteiger charge is -2.29. The molecular weight excluding hydrogens is 515 g/mol. The minimum absolute atomic E-state index is 0.133. The number of halogens is 2. The van der Waals surface area contributed by atoms with Crippen molar-refractivity contribution in [2.24, 2.45) is 0 Å². The number of nitrogens with one attached hydrogen (secondary N) is 1. The fourth-order valence-corrected chi connectivity index (χ4v) is 4.14. The van der Waals surface area contributed by atoms with Crippen molar-refractivity contribution in [3.05, 3.63) is 62.7 Å². The molecule has 7 heteroatoms. The third kappa shape index (κ3) is 6.60. The predicted octanol–water partition coefficient (Wildman–Crippen LogP) is 4.80. The number of hydrogen-bond acceptors (Lipinski definition) is 3. The Kier molecular flexibility index (Phi) is 8.39. The third-order valence-corrected chi connectivity index (χ3v) is 6.24. The average molecular weight is 541 g/mol. The zero-order chi connectivity index (χ0) is 21.5. The molecule has 0 bridgehead atoms. The van der Waals surface area contributed by atoms with Crippen molar-refractivity contribution in [1.82, 2.24) is 10.2 Å². The van der Waals surface area contributed by atoms with Crippen LogP contribution in [0.3, 0.4) is 0 Å². The van der Waals surface area contributed by atoms with Gasteiger partial charge in [0.2, 0.25) is 5.91 Å². The molecule has 0 unspecified atom stereocenters. The van der Waals surface area contributed by atoms with E-state index in [4.69, 9.17) is 16.3 Å². The maximum absolute atomic E-state index is 13.0. The third-order valence-electron chi connectivity index (χ3n) is 5.29. The van der Waals surface area contributed by atoms with Crippen LogP contribution in [-0.4, -0.2) is 35.4 Å². The van der Waals surface area contributed by atoms with Crippen LogP contribution < -0.4 is 10.1 Å². The minimum atomic E-state index is -0.614. The lowest BCUT2D eigenvalue weighted by Crippen LogP contribution is -2.50. The van der Waals surface area contributed by atoms with Crippen molar-refractivity contribution < 1.29 is 14.3 Å². The first-order chi connectivity index (χ1) is 14.4. The first-order valence-corrected chi connectivity index (χ1v) is 11.6. The molecule has 0 saturated heterocycles. The Hall–Kier alpha value is -1.80. The molecule has 1 N–H and O–H groups in total. The van der Waals surface area contributed by atoms with Gasteiger partial charge in [-0.3, -0.25) is 9.59 Å². The van der Waals surface area contributed by atoms with E-state index >= 15 is 0 Å². The van der Waals surface area contributed by atoms with Gasteiger partial charge in [-0.05, 0) is 84.3 Å². The minimum Gasteiger partial charge on any atom is -0.484 e. The van der Waals surface area contributed by atoms with Crippen molar-refractivity contribution in [2.75, 3.05) is 6.61 Å². The highest BCUT2D eigenvalue weighted by Crippen LogP contribution is 2.19. The second kappa shape index (κ2) is 11.0. The van der Waals surface area contributed by atoms with Crippen LogP contribution in [0.25, 0.3) is 0 Å². The van der Waals surface area contributed by atoms with Gasteiger partial charge in [0.1, 0.15) is 11.8 Å². The SMILES string of the molecule is C[C@@H](C(=O)NC1CCCC1)N(Cc1cccc(Cl)c1)C(=O)COc1ccc(I)cc1.